The van der Waals surface area contributed by atoms with Crippen molar-refractivity contribution in [3.8, 4) is 0 Å². The number of hydrogen-bond acceptors (Lipinski definition) is 4. The first kappa shape index (κ1) is 19.9. The lowest BCUT2D eigenvalue weighted by molar-refractivity contribution is -0.116. The van der Waals surface area contributed by atoms with Gasteiger partial charge in [-0.2, -0.15) is 0 Å². The monoisotopic (exact) mass is 409 g/mol. The zero-order chi connectivity index (χ0) is 20.4. The van der Waals surface area contributed by atoms with Crippen LogP contribution in [-0.4, -0.2) is 43.9 Å². The molecule has 4 rings (SSSR count). The lowest BCUT2D eigenvalue weighted by Gasteiger charge is -2.23. The maximum atomic E-state index is 12.3. The van der Waals surface area contributed by atoms with Crippen LogP contribution in [0.15, 0.2) is 54.9 Å². The maximum absolute atomic E-state index is 12.3. The molecule has 6 heteroatoms. The molecule has 2 fully saturated rings. The normalized spacial score (nSPS) is 23.2. The highest BCUT2D eigenvalue weighted by atomic mass is 31.2. The van der Waals surface area contributed by atoms with Crippen LogP contribution in [0.1, 0.15) is 12.0 Å². The fraction of sp³-hybridized carbons (Fsp3) is 0.391. The Hall–Kier alpha value is -2.39. The van der Waals surface area contributed by atoms with Crippen LogP contribution in [0.3, 0.4) is 0 Å². The molecule has 0 bridgehead atoms. The molecule has 1 N–H and O–H groups in total. The summed E-state index contributed by atoms with van der Waals surface area (Å²) < 4.78 is 12.3. The third-order valence-electron chi connectivity index (χ3n) is 6.08. The first-order valence-corrected chi connectivity index (χ1v) is 12.8. The van der Waals surface area contributed by atoms with Crippen molar-refractivity contribution in [2.24, 2.45) is 17.8 Å². The highest BCUT2D eigenvalue weighted by molar-refractivity contribution is 7.70. The number of nitrogens with one attached hydrogen (secondary N) is 1. The zero-order valence-corrected chi connectivity index (χ0v) is 17.9. The fourth-order valence-corrected chi connectivity index (χ4v) is 5.27. The van der Waals surface area contributed by atoms with Crippen molar-refractivity contribution < 1.29 is 9.36 Å². The second-order valence-electron chi connectivity index (χ2n) is 8.47. The average molecular weight is 409 g/mol. The number of fused-ring (bicyclic) bond motifs is 1. The van der Waals surface area contributed by atoms with Gasteiger partial charge in [0.25, 0.3) is 0 Å². The van der Waals surface area contributed by atoms with Crippen molar-refractivity contribution in [1.82, 2.24) is 10.3 Å². The minimum atomic E-state index is -2.23. The third kappa shape index (κ3) is 4.79. The van der Waals surface area contributed by atoms with Gasteiger partial charge >= 0.3 is 0 Å². The van der Waals surface area contributed by atoms with Crippen LogP contribution < -0.4 is 15.5 Å². The molecule has 2 aromatic rings. The summed E-state index contributed by atoms with van der Waals surface area (Å²) >= 11 is 0. The van der Waals surface area contributed by atoms with Gasteiger partial charge in [-0.3, -0.25) is 9.78 Å². The number of carbonyl (C=O) groups is 1. The lowest BCUT2D eigenvalue weighted by Crippen LogP contribution is -2.27. The number of anilines is 1. The molecule has 1 aliphatic heterocycles. The summed E-state index contributed by atoms with van der Waals surface area (Å²) in [6.07, 6.45) is 7.84. The minimum absolute atomic E-state index is 0.0540. The van der Waals surface area contributed by atoms with Gasteiger partial charge in [-0.25, -0.2) is 0 Å². The summed E-state index contributed by atoms with van der Waals surface area (Å²) in [5.41, 5.74) is 2.11. The fourth-order valence-electron chi connectivity index (χ4n) is 4.38. The average Bonchev–Trinajstić information content (AvgIpc) is 3.15. The van der Waals surface area contributed by atoms with E-state index in [1.54, 1.807) is 24.5 Å². The van der Waals surface area contributed by atoms with E-state index in [0.717, 1.165) is 48.8 Å². The van der Waals surface area contributed by atoms with E-state index in [-0.39, 0.29) is 5.91 Å². The van der Waals surface area contributed by atoms with Crippen molar-refractivity contribution in [3.63, 3.8) is 0 Å². The van der Waals surface area contributed by atoms with E-state index in [9.17, 15) is 9.36 Å². The maximum Gasteiger partial charge on any atom is 0.244 e. The SMILES string of the molecule is CP(C)(=O)c1cccc(N2C[C@@H]3C(CCNC(=O)/C=C/c4cccnc4)[C@@H]3C2)c1. The van der Waals surface area contributed by atoms with Gasteiger partial charge in [0.1, 0.15) is 7.14 Å². The molecule has 152 valence electrons. The largest absolute Gasteiger partial charge is 0.371 e. The first-order chi connectivity index (χ1) is 13.9. The third-order valence-corrected chi connectivity index (χ3v) is 7.60. The summed E-state index contributed by atoms with van der Waals surface area (Å²) in [6.45, 7) is 6.49. The Morgan fingerprint density at radius 1 is 1.24 bits per heavy atom. The number of benzene rings is 1. The molecule has 29 heavy (non-hydrogen) atoms. The number of hydrogen-bond donors (Lipinski definition) is 1. The molecule has 1 saturated heterocycles. The molecule has 0 radical (unpaired) electrons. The van der Waals surface area contributed by atoms with Gasteiger partial charge < -0.3 is 14.8 Å². The van der Waals surface area contributed by atoms with Gasteiger partial charge in [-0.15, -0.1) is 0 Å². The molecule has 1 unspecified atom stereocenters. The Labute approximate surface area is 172 Å². The van der Waals surface area contributed by atoms with Gasteiger partial charge in [0.2, 0.25) is 5.91 Å². The van der Waals surface area contributed by atoms with E-state index in [4.69, 9.17) is 0 Å². The van der Waals surface area contributed by atoms with Crippen molar-refractivity contribution in [2.75, 3.05) is 37.9 Å². The van der Waals surface area contributed by atoms with Gasteiger partial charge in [0.05, 0.1) is 0 Å². The van der Waals surface area contributed by atoms with Gasteiger partial charge in [-0.05, 0) is 67.3 Å². The topological polar surface area (TPSA) is 62.3 Å². The van der Waals surface area contributed by atoms with E-state index in [1.165, 1.54) is 5.69 Å². The van der Waals surface area contributed by atoms with Crippen LogP contribution in [-0.2, 0) is 9.36 Å². The summed E-state index contributed by atoms with van der Waals surface area (Å²) in [6, 6.07) is 12.0. The van der Waals surface area contributed by atoms with Gasteiger partial charge in [0, 0.05) is 49.1 Å². The Morgan fingerprint density at radius 3 is 2.72 bits per heavy atom. The smallest absolute Gasteiger partial charge is 0.244 e. The summed E-state index contributed by atoms with van der Waals surface area (Å²) in [5, 5.41) is 3.94. The molecule has 3 atom stereocenters. The van der Waals surface area contributed by atoms with Crippen molar-refractivity contribution in [2.45, 2.75) is 6.42 Å². The highest BCUT2D eigenvalue weighted by Gasteiger charge is 2.54. The van der Waals surface area contributed by atoms with Gasteiger partial charge in [-0.1, -0.05) is 18.2 Å². The number of piperidine rings is 1. The van der Waals surface area contributed by atoms with Crippen molar-refractivity contribution in [1.29, 1.82) is 0 Å². The van der Waals surface area contributed by atoms with E-state index >= 15 is 0 Å². The second-order valence-corrected chi connectivity index (χ2v) is 11.7. The molecule has 1 amide bonds. The Morgan fingerprint density at radius 2 is 2.03 bits per heavy atom. The number of amides is 1. The van der Waals surface area contributed by atoms with Crippen LogP contribution in [0.4, 0.5) is 5.69 Å². The van der Waals surface area contributed by atoms with Crippen LogP contribution in [0.25, 0.3) is 6.08 Å². The highest BCUT2D eigenvalue weighted by Crippen LogP contribution is 2.54. The molecular formula is C23H28N3O2P. The predicted molar refractivity (Wildman–Crippen MR) is 119 cm³/mol. The predicted octanol–water partition coefficient (Wildman–Crippen LogP) is 3.23. The lowest BCUT2D eigenvalue weighted by atomic mass is 10.2. The molecule has 2 aliphatic rings. The number of nitrogens with zero attached hydrogens (tertiary/aromatic N) is 2. The zero-order valence-electron chi connectivity index (χ0n) is 17.0. The molecule has 1 saturated carbocycles. The number of pyridine rings is 1. The number of carbonyl (C=O) groups excluding carboxylic acids is 1. The number of aromatic nitrogens is 1. The van der Waals surface area contributed by atoms with E-state index in [1.807, 2.05) is 37.6 Å². The molecule has 1 aromatic carbocycles. The van der Waals surface area contributed by atoms with Crippen LogP contribution in [0, 0.1) is 17.8 Å². The quantitative estimate of drug-likeness (QED) is 0.563. The number of rotatable bonds is 7. The molecule has 2 heterocycles. The summed E-state index contributed by atoms with van der Waals surface area (Å²) in [4.78, 5) is 18.4. The van der Waals surface area contributed by atoms with E-state index < -0.39 is 7.14 Å². The Kier molecular flexibility index (Phi) is 5.60. The minimum Gasteiger partial charge on any atom is -0.371 e. The van der Waals surface area contributed by atoms with Gasteiger partial charge in [0.15, 0.2) is 0 Å². The van der Waals surface area contributed by atoms with Crippen LogP contribution >= 0.6 is 7.14 Å². The van der Waals surface area contributed by atoms with E-state index in [0.29, 0.717) is 5.92 Å². The van der Waals surface area contributed by atoms with Crippen molar-refractivity contribution >= 4 is 30.1 Å². The van der Waals surface area contributed by atoms with Crippen LogP contribution in [0.2, 0.25) is 0 Å². The molecular weight excluding hydrogens is 381 g/mol. The van der Waals surface area contributed by atoms with Crippen LogP contribution in [0.5, 0.6) is 0 Å². The summed E-state index contributed by atoms with van der Waals surface area (Å²) in [5.74, 6) is 2.09. The first-order valence-electron chi connectivity index (χ1n) is 10.2. The molecule has 0 spiro atoms. The Bertz CT molecular complexity index is 942. The standard InChI is InChI=1S/C23H28N3O2P/c1-29(2,28)19-7-3-6-18(13-19)26-15-21-20(22(21)16-26)10-12-25-23(27)9-8-17-5-4-11-24-14-17/h3-9,11,13-14,20-22H,10,12,15-16H2,1-2H3,(H,25,27)/b9-8+/t20?,21-,22+. The molecule has 1 aromatic heterocycles. The Balaban J connectivity index is 1.21. The second kappa shape index (κ2) is 8.16. The van der Waals surface area contributed by atoms with E-state index in [2.05, 4.69) is 27.3 Å². The molecule has 1 aliphatic carbocycles. The van der Waals surface area contributed by atoms with Crippen molar-refractivity contribution in [3.05, 3.63) is 60.4 Å². The summed E-state index contributed by atoms with van der Waals surface area (Å²) in [7, 11) is -2.23. The molecule has 5 nitrogen and oxygen atoms in total.